The average molecular weight is 479 g/mol. The molecule has 0 amide bonds. The zero-order valence-electron chi connectivity index (χ0n) is 18.3. The number of unbranched alkanes of at least 4 members (excludes halogenated alkanes) is 4. The van der Waals surface area contributed by atoms with Crippen molar-refractivity contribution in [2.45, 2.75) is 102 Å². The molecule has 154 valence electrons. The normalized spacial score (nSPS) is 13.3. The fourth-order valence-corrected chi connectivity index (χ4v) is 19.3. The van der Waals surface area contributed by atoms with Gasteiger partial charge in [0.2, 0.25) is 0 Å². The Morgan fingerprint density at radius 1 is 0.815 bits per heavy atom. The molecule has 0 heterocycles. The third-order valence-corrected chi connectivity index (χ3v) is 21.2. The van der Waals surface area contributed by atoms with Gasteiger partial charge in [0.05, 0.1) is 0 Å². The van der Waals surface area contributed by atoms with Gasteiger partial charge in [-0.25, -0.2) is 0 Å². The van der Waals surface area contributed by atoms with Gasteiger partial charge in [-0.2, -0.15) is 0 Å². The Kier molecular flexibility index (Phi) is 14.3. The Labute approximate surface area is 173 Å². The van der Waals surface area contributed by atoms with Gasteiger partial charge in [-0.15, -0.1) is 0 Å². The summed E-state index contributed by atoms with van der Waals surface area (Å²) in [5, 5.41) is 10.3. The van der Waals surface area contributed by atoms with Crippen molar-refractivity contribution in [3.8, 4) is 0 Å². The van der Waals surface area contributed by atoms with Crippen LogP contribution in [0.2, 0.25) is 17.7 Å². The molecule has 1 unspecified atom stereocenters. The van der Waals surface area contributed by atoms with Crippen LogP contribution in [0.3, 0.4) is 0 Å². The van der Waals surface area contributed by atoms with E-state index in [4.69, 9.17) is 0 Å². The first-order chi connectivity index (χ1) is 13.2. The van der Waals surface area contributed by atoms with Gasteiger partial charge in [0, 0.05) is 0 Å². The third kappa shape index (κ3) is 10.7. The number of hydrogen-bond acceptors (Lipinski definition) is 1. The molecule has 0 aliphatic heterocycles. The average Bonchev–Trinajstić information content (AvgIpc) is 2.71. The van der Waals surface area contributed by atoms with Crippen molar-refractivity contribution in [1.82, 2.24) is 0 Å². The Hall–Kier alpha value is -0.281. The van der Waals surface area contributed by atoms with Crippen LogP contribution in [0.4, 0.5) is 0 Å². The van der Waals surface area contributed by atoms with Crippen molar-refractivity contribution in [3.63, 3.8) is 0 Å². The molecule has 1 nitrogen and oxygen atoms in total. The fraction of sp³-hybridized carbons (Fsp3) is 0.680. The molecule has 1 rings (SSSR count). The zero-order valence-corrected chi connectivity index (χ0v) is 21.1. The molecule has 0 saturated carbocycles. The molecule has 0 aliphatic carbocycles. The summed E-state index contributed by atoms with van der Waals surface area (Å²) in [6, 6.07) is 10.1. The first-order valence-corrected chi connectivity index (χ1v) is 19.6. The summed E-state index contributed by atoms with van der Waals surface area (Å²) in [6.07, 6.45) is 16.2. The Morgan fingerprint density at radius 2 is 1.37 bits per heavy atom. The molecule has 2 heteroatoms. The van der Waals surface area contributed by atoms with E-state index in [0.717, 1.165) is 24.8 Å². The van der Waals surface area contributed by atoms with Crippen LogP contribution in [0.5, 0.6) is 0 Å². The summed E-state index contributed by atoms with van der Waals surface area (Å²) >= 11 is -1.98. The number of benzene rings is 1. The molecule has 1 atom stereocenters. The topological polar surface area (TPSA) is 20.2 Å². The van der Waals surface area contributed by atoms with Crippen LogP contribution < -0.4 is 0 Å². The predicted octanol–water partition coefficient (Wildman–Crippen LogP) is 8.30. The predicted molar refractivity (Wildman–Crippen MR) is 124 cm³/mol. The van der Waals surface area contributed by atoms with E-state index >= 15 is 0 Å². The fourth-order valence-electron chi connectivity index (χ4n) is 4.06. The van der Waals surface area contributed by atoms with Crippen LogP contribution in [0, 0.1) is 0 Å². The number of allylic oxidation sites excluding steroid dienone is 2. The molecule has 0 fully saturated rings. The Morgan fingerprint density at radius 3 is 1.89 bits per heavy atom. The number of hydrogen-bond donors (Lipinski definition) is 1. The van der Waals surface area contributed by atoms with E-state index in [-0.39, 0.29) is 6.10 Å². The second-order valence-electron chi connectivity index (χ2n) is 8.34. The van der Waals surface area contributed by atoms with Gasteiger partial charge in [-0.05, 0) is 0 Å². The van der Waals surface area contributed by atoms with Crippen molar-refractivity contribution >= 4 is 18.4 Å². The molecule has 0 spiro atoms. The van der Waals surface area contributed by atoms with E-state index in [1.165, 1.54) is 43.0 Å². The molecular weight excluding hydrogens is 435 g/mol. The second-order valence-corrected chi connectivity index (χ2v) is 22.4. The minimum absolute atomic E-state index is 0.309. The van der Waals surface area contributed by atoms with Gasteiger partial charge in [0.25, 0.3) is 0 Å². The van der Waals surface area contributed by atoms with Crippen LogP contribution in [-0.2, 0) is 0 Å². The first kappa shape index (κ1) is 24.8. The molecule has 1 aromatic carbocycles. The van der Waals surface area contributed by atoms with Gasteiger partial charge >= 0.3 is 174 Å². The maximum absolute atomic E-state index is 10.3. The third-order valence-electron chi connectivity index (χ3n) is 5.93. The van der Waals surface area contributed by atoms with Gasteiger partial charge < -0.3 is 0 Å². The summed E-state index contributed by atoms with van der Waals surface area (Å²) in [4.78, 5) is 0. The van der Waals surface area contributed by atoms with Crippen LogP contribution in [0.15, 0.2) is 42.5 Å². The molecule has 0 saturated heterocycles. The first-order valence-electron chi connectivity index (χ1n) is 11.6. The molecular formula is C25H44OSn. The van der Waals surface area contributed by atoms with Crippen molar-refractivity contribution < 1.29 is 5.11 Å². The van der Waals surface area contributed by atoms with Crippen LogP contribution in [-0.4, -0.2) is 23.5 Å². The minimum atomic E-state index is -1.98. The molecule has 0 aromatic heterocycles. The molecule has 0 aliphatic rings. The quantitative estimate of drug-likeness (QED) is 0.144. The summed E-state index contributed by atoms with van der Waals surface area (Å²) in [5.74, 6) is 0. The van der Waals surface area contributed by atoms with Crippen molar-refractivity contribution in [1.29, 1.82) is 0 Å². The van der Waals surface area contributed by atoms with Gasteiger partial charge in [0.15, 0.2) is 0 Å². The zero-order chi connectivity index (χ0) is 19.8. The summed E-state index contributed by atoms with van der Waals surface area (Å²) in [5.41, 5.74) is 1.05. The molecule has 0 bridgehead atoms. The summed E-state index contributed by atoms with van der Waals surface area (Å²) < 4.78 is 6.25. The van der Waals surface area contributed by atoms with E-state index in [0.29, 0.717) is 0 Å². The summed E-state index contributed by atoms with van der Waals surface area (Å²) in [6.45, 7) is 7.05. The Balaban J connectivity index is 2.46. The van der Waals surface area contributed by atoms with Crippen LogP contribution in [0.25, 0.3) is 0 Å². The van der Waals surface area contributed by atoms with Crippen molar-refractivity contribution in [2.75, 3.05) is 0 Å². The molecule has 0 radical (unpaired) electrons. The summed E-state index contributed by atoms with van der Waals surface area (Å²) in [7, 11) is 0. The monoisotopic (exact) mass is 480 g/mol. The molecule has 27 heavy (non-hydrogen) atoms. The van der Waals surface area contributed by atoms with Gasteiger partial charge in [-0.3, -0.25) is 0 Å². The number of rotatable bonds is 16. The molecule has 1 aromatic rings. The number of aliphatic hydroxyl groups is 1. The van der Waals surface area contributed by atoms with Crippen molar-refractivity contribution in [2.24, 2.45) is 0 Å². The van der Waals surface area contributed by atoms with E-state index in [1.54, 1.807) is 13.3 Å². The SMILES string of the molecule is CCC[CH2][Sn]([CH2]/C=C/CCCC(O)c1ccccc1)([CH2]CCC)[CH2]CCC. The van der Waals surface area contributed by atoms with Crippen LogP contribution in [0.1, 0.15) is 90.2 Å². The number of aliphatic hydroxyl groups excluding tert-OH is 1. The van der Waals surface area contributed by atoms with E-state index < -0.39 is 18.4 Å². The Bertz CT molecular complexity index is 461. The van der Waals surface area contributed by atoms with Crippen LogP contribution >= 0.6 is 0 Å². The van der Waals surface area contributed by atoms with Crippen molar-refractivity contribution in [3.05, 3.63) is 48.0 Å². The van der Waals surface area contributed by atoms with E-state index in [9.17, 15) is 5.11 Å². The maximum atomic E-state index is 10.3. The molecule has 1 N–H and O–H groups in total. The van der Waals surface area contributed by atoms with E-state index in [2.05, 4.69) is 32.9 Å². The standard InChI is InChI=1S/C13H17O.3C4H9.Sn/c1-2-3-4-8-11-13(14)12-9-6-5-7-10-12;3*1-3-4-2;/h2-3,5-7,9-10,13-14H,1,4,8,11H2;3*1,3-4H2,2H3;/b3-2+;;;;. The van der Waals surface area contributed by atoms with Gasteiger partial charge in [0.1, 0.15) is 0 Å². The second kappa shape index (κ2) is 15.6. The van der Waals surface area contributed by atoms with E-state index in [1.807, 2.05) is 30.3 Å². The van der Waals surface area contributed by atoms with Gasteiger partial charge in [-0.1, -0.05) is 0 Å².